The molecule has 264 valence electrons. The van der Waals surface area contributed by atoms with Crippen LogP contribution in [0.15, 0.2) is 23.8 Å². The Morgan fingerprint density at radius 3 is 0.804 bits per heavy atom. The summed E-state index contributed by atoms with van der Waals surface area (Å²) in [4.78, 5) is 22.2. The van der Waals surface area contributed by atoms with Crippen LogP contribution in [0, 0.1) is 10.8 Å². The Bertz CT molecular complexity index is 1310. The third-order valence-electron chi connectivity index (χ3n) is 7.43. The highest BCUT2D eigenvalue weighted by atomic mass is 19.4. The van der Waals surface area contributed by atoms with Crippen molar-refractivity contribution < 1.29 is 124 Å². The van der Waals surface area contributed by atoms with E-state index in [2.05, 4.69) is 0 Å². The second-order valence-corrected chi connectivity index (χ2v) is 9.22. The van der Waals surface area contributed by atoms with Gasteiger partial charge in [0.1, 0.15) is 0 Å². The second-order valence-electron chi connectivity index (χ2n) is 9.22. The standard InChI is InChI=1S/C18F24O4/c19-1(3(21)22)5(43)45-17(39,40)7-11(27,28)8(18(41,42)46-6(44)2(20)4(23)24)14(33,34)9(25,12(7,29)30)16(37,38)10(26,13(7,31)32)15(8,35)36. The molecular weight excluding hydrogens is 736 g/mol. The molecule has 0 aromatic heterocycles. The van der Waals surface area contributed by atoms with Gasteiger partial charge >= 0.3 is 83.2 Å². The lowest BCUT2D eigenvalue weighted by Gasteiger charge is -2.77. The summed E-state index contributed by atoms with van der Waals surface area (Å²) in [6.07, 6.45) is -26.1. The number of ether oxygens (including phenoxy) is 2. The molecule has 4 aliphatic rings. The van der Waals surface area contributed by atoms with E-state index in [0.29, 0.717) is 0 Å². The number of carbonyl (C=O) groups excluding carboxylic acids is 2. The molecular formula is C18F24O4. The molecule has 4 rings (SSSR count). The average Bonchev–Trinajstić information content (AvgIpc) is 2.82. The van der Waals surface area contributed by atoms with E-state index in [1.54, 1.807) is 0 Å². The summed E-state index contributed by atoms with van der Waals surface area (Å²) >= 11 is 0. The number of carbonyl (C=O) groups is 2. The van der Waals surface area contributed by atoms with Crippen molar-refractivity contribution in [2.75, 3.05) is 0 Å². The van der Waals surface area contributed by atoms with Crippen LogP contribution in [0.2, 0.25) is 0 Å². The Balaban J connectivity index is 2.76. The van der Waals surface area contributed by atoms with E-state index >= 15 is 52.7 Å². The minimum Gasteiger partial charge on any atom is -0.394 e. The summed E-state index contributed by atoms with van der Waals surface area (Å²) in [6, 6.07) is 0. The van der Waals surface area contributed by atoms with E-state index in [-0.39, 0.29) is 0 Å². The van der Waals surface area contributed by atoms with Gasteiger partial charge in [-0.05, 0) is 0 Å². The Kier molecular flexibility index (Phi) is 7.11. The normalized spacial score (nSPS) is 35.7. The Morgan fingerprint density at radius 2 is 0.609 bits per heavy atom. The Labute approximate surface area is 231 Å². The quantitative estimate of drug-likeness (QED) is 0.160. The third-order valence-corrected chi connectivity index (χ3v) is 7.43. The third kappa shape index (κ3) is 2.91. The van der Waals surface area contributed by atoms with Gasteiger partial charge in [-0.1, -0.05) is 0 Å². The lowest BCUT2D eigenvalue weighted by atomic mass is 9.32. The number of hydrogen-bond acceptors (Lipinski definition) is 4. The van der Waals surface area contributed by atoms with Gasteiger partial charge in [-0.25, -0.2) is 62.3 Å². The van der Waals surface area contributed by atoms with Gasteiger partial charge in [0.05, 0.1) is 0 Å². The zero-order valence-corrected chi connectivity index (χ0v) is 19.7. The monoisotopic (exact) mass is 736 g/mol. The molecule has 0 heterocycles. The molecule has 4 nitrogen and oxygen atoms in total. The van der Waals surface area contributed by atoms with Gasteiger partial charge < -0.3 is 9.47 Å². The second kappa shape index (κ2) is 8.80. The maximum Gasteiger partial charge on any atom is 0.424 e. The van der Waals surface area contributed by atoms with Gasteiger partial charge in [0.15, 0.2) is 0 Å². The summed E-state index contributed by atoms with van der Waals surface area (Å²) in [5, 5.41) is 0. The van der Waals surface area contributed by atoms with Crippen molar-refractivity contribution >= 4 is 11.9 Å². The summed E-state index contributed by atoms with van der Waals surface area (Å²) in [7, 11) is 0. The molecule has 0 aromatic carbocycles. The van der Waals surface area contributed by atoms with Crippen molar-refractivity contribution in [2.24, 2.45) is 10.8 Å². The van der Waals surface area contributed by atoms with Gasteiger partial charge in [-0.3, -0.25) is 0 Å². The van der Waals surface area contributed by atoms with E-state index in [1.807, 2.05) is 9.47 Å². The minimum absolute atomic E-state index is 1.84. The van der Waals surface area contributed by atoms with Crippen molar-refractivity contribution in [3.8, 4) is 0 Å². The fourth-order valence-corrected chi connectivity index (χ4v) is 5.64. The maximum absolute atomic E-state index is 15.7. The van der Waals surface area contributed by atoms with Crippen LogP contribution in [0.3, 0.4) is 0 Å². The van der Waals surface area contributed by atoms with Crippen molar-refractivity contribution in [1.82, 2.24) is 0 Å². The smallest absolute Gasteiger partial charge is 0.394 e. The first-order valence-corrected chi connectivity index (χ1v) is 10.3. The van der Waals surface area contributed by atoms with E-state index in [0.717, 1.165) is 0 Å². The van der Waals surface area contributed by atoms with E-state index < -0.39 is 106 Å². The number of esters is 2. The van der Waals surface area contributed by atoms with Gasteiger partial charge in [-0.2, -0.15) is 52.7 Å². The predicted molar refractivity (Wildman–Crippen MR) is 85.0 cm³/mol. The molecule has 0 N–H and O–H groups in total. The zero-order chi connectivity index (χ0) is 36.9. The summed E-state index contributed by atoms with van der Waals surface area (Å²) < 4.78 is 351. The van der Waals surface area contributed by atoms with Crippen LogP contribution >= 0.6 is 0 Å². The number of halogens is 24. The minimum atomic E-state index is -9.47. The molecule has 0 spiro atoms. The summed E-state index contributed by atoms with van der Waals surface area (Å²) in [5.74, 6) is -72.8. The van der Waals surface area contributed by atoms with Crippen LogP contribution < -0.4 is 0 Å². The molecule has 0 aliphatic heterocycles. The molecule has 0 amide bonds. The highest BCUT2D eigenvalue weighted by Crippen LogP contribution is 2.95. The SMILES string of the molecule is O=C(OC(F)(F)C12C(F)(F)C3(F)C(F)(F)C(F)(C1(F)F)C(F)(F)C(C(F)(F)OC(=O)C(F)=C(F)F)(C3(F)F)C2(F)F)C(F)=C(F)F. The molecule has 28 heteroatoms. The molecule has 0 atom stereocenters. The first-order chi connectivity index (χ1) is 20.0. The van der Waals surface area contributed by atoms with E-state index in [4.69, 9.17) is 0 Å². The molecule has 0 saturated heterocycles. The average molecular weight is 736 g/mol. The number of alkyl halides is 18. The number of rotatable bonds is 6. The van der Waals surface area contributed by atoms with Crippen LogP contribution in [-0.2, 0) is 19.1 Å². The molecule has 0 unspecified atom stereocenters. The summed E-state index contributed by atoms with van der Waals surface area (Å²) in [5.41, 5.74) is -36.7. The van der Waals surface area contributed by atoms with Crippen LogP contribution in [-0.4, -0.2) is 71.0 Å². The molecule has 4 saturated carbocycles. The molecule has 0 radical (unpaired) electrons. The Hall–Kier alpha value is -3.26. The maximum atomic E-state index is 15.7. The highest BCUT2D eigenvalue weighted by Gasteiger charge is 3.27. The van der Waals surface area contributed by atoms with Crippen LogP contribution in [0.5, 0.6) is 0 Å². The first-order valence-electron chi connectivity index (χ1n) is 10.3. The fraction of sp³-hybridized carbons (Fsp3) is 0.667. The van der Waals surface area contributed by atoms with Crippen molar-refractivity contribution in [2.45, 2.75) is 59.1 Å². The van der Waals surface area contributed by atoms with E-state index in [9.17, 15) is 62.3 Å². The topological polar surface area (TPSA) is 52.6 Å². The van der Waals surface area contributed by atoms with Gasteiger partial charge in [0.2, 0.25) is 0 Å². The van der Waals surface area contributed by atoms with Crippen LogP contribution in [0.25, 0.3) is 0 Å². The van der Waals surface area contributed by atoms with Crippen molar-refractivity contribution in [3.63, 3.8) is 0 Å². The lowest BCUT2D eigenvalue weighted by Crippen LogP contribution is -3.09. The number of hydrogen-bond donors (Lipinski definition) is 0. The van der Waals surface area contributed by atoms with Crippen molar-refractivity contribution in [3.05, 3.63) is 23.8 Å². The molecule has 4 fully saturated rings. The van der Waals surface area contributed by atoms with Gasteiger partial charge in [0, 0.05) is 0 Å². The van der Waals surface area contributed by atoms with Crippen LogP contribution in [0.1, 0.15) is 0 Å². The molecule has 46 heavy (non-hydrogen) atoms. The van der Waals surface area contributed by atoms with Crippen molar-refractivity contribution in [1.29, 1.82) is 0 Å². The Morgan fingerprint density at radius 1 is 0.391 bits per heavy atom. The lowest BCUT2D eigenvalue weighted by molar-refractivity contribution is -0.664. The molecule has 4 bridgehead atoms. The first kappa shape index (κ1) is 37.2. The fourth-order valence-electron chi connectivity index (χ4n) is 5.64. The molecule has 0 aromatic rings. The molecule has 4 aliphatic carbocycles. The largest absolute Gasteiger partial charge is 0.424 e. The van der Waals surface area contributed by atoms with Gasteiger partial charge in [-0.15, -0.1) is 0 Å². The zero-order valence-electron chi connectivity index (χ0n) is 19.7. The van der Waals surface area contributed by atoms with Crippen LogP contribution in [0.4, 0.5) is 105 Å². The van der Waals surface area contributed by atoms with E-state index in [1.165, 1.54) is 0 Å². The van der Waals surface area contributed by atoms with Gasteiger partial charge in [0.25, 0.3) is 22.5 Å². The summed E-state index contributed by atoms with van der Waals surface area (Å²) in [6.45, 7) is 0. The predicted octanol–water partition coefficient (Wildman–Crippen LogP) is 7.66. The highest BCUT2D eigenvalue weighted by molar-refractivity contribution is 5.87.